The third-order valence-corrected chi connectivity index (χ3v) is 3.55. The summed E-state index contributed by atoms with van der Waals surface area (Å²) in [6.07, 6.45) is 4.35. The number of rotatable bonds is 5. The molecule has 0 spiro atoms. The minimum atomic E-state index is -0.546. The quantitative estimate of drug-likeness (QED) is 0.482. The highest BCUT2D eigenvalue weighted by Gasteiger charge is 2.08. The molecule has 0 atom stereocenters. The number of hydrogen-bond acceptors (Lipinski definition) is 4. The van der Waals surface area contributed by atoms with Crippen LogP contribution in [0.1, 0.15) is 11.5 Å². The molecule has 0 bridgehead atoms. The number of carbonyl (C=O) groups excluding carboxylic acids is 1. The molecular weight excluding hydrogens is 345 g/mol. The Morgan fingerprint density at radius 1 is 1.16 bits per heavy atom. The van der Waals surface area contributed by atoms with Gasteiger partial charge in [-0.2, -0.15) is 0 Å². The number of carbonyl (C=O) groups is 1. The molecule has 0 radical (unpaired) electrons. The van der Waals surface area contributed by atoms with Gasteiger partial charge in [0, 0.05) is 16.7 Å². The van der Waals surface area contributed by atoms with Crippen molar-refractivity contribution in [3.63, 3.8) is 0 Å². The van der Waals surface area contributed by atoms with Crippen molar-refractivity contribution in [3.8, 4) is 11.3 Å². The van der Waals surface area contributed by atoms with Crippen LogP contribution in [-0.2, 0) is 16.1 Å². The van der Waals surface area contributed by atoms with Crippen molar-refractivity contribution in [3.05, 3.63) is 83.1 Å². The largest absolute Gasteiger partial charge is 0.453 e. The van der Waals surface area contributed by atoms with Gasteiger partial charge >= 0.3 is 5.97 Å². The van der Waals surface area contributed by atoms with Crippen LogP contribution < -0.4 is 0 Å². The van der Waals surface area contributed by atoms with E-state index in [1.54, 1.807) is 30.5 Å². The molecule has 1 heterocycles. The zero-order chi connectivity index (χ0) is 17.6. The molecule has 0 aliphatic rings. The molecule has 0 N–H and O–H groups in total. The van der Waals surface area contributed by atoms with E-state index in [1.165, 1.54) is 24.3 Å². The molecule has 0 saturated heterocycles. The second-order valence-electron chi connectivity index (χ2n) is 5.12. The summed E-state index contributed by atoms with van der Waals surface area (Å²) in [6, 6.07) is 12.9. The molecule has 3 aromatic rings. The van der Waals surface area contributed by atoms with Crippen LogP contribution in [0.15, 0.2) is 65.2 Å². The van der Waals surface area contributed by atoms with Gasteiger partial charge in [0.15, 0.2) is 12.4 Å². The van der Waals surface area contributed by atoms with E-state index in [1.807, 2.05) is 12.1 Å². The number of ether oxygens (including phenoxy) is 1. The summed E-state index contributed by atoms with van der Waals surface area (Å²) in [5.41, 5.74) is 1.52. The Kier molecular flexibility index (Phi) is 5.26. The summed E-state index contributed by atoms with van der Waals surface area (Å²) in [7, 11) is 0. The van der Waals surface area contributed by atoms with E-state index < -0.39 is 5.97 Å². The number of halogens is 2. The lowest BCUT2D eigenvalue weighted by Gasteiger charge is -1.99. The minimum Gasteiger partial charge on any atom is -0.453 e. The van der Waals surface area contributed by atoms with E-state index in [2.05, 4.69) is 4.98 Å². The summed E-state index contributed by atoms with van der Waals surface area (Å²) in [5, 5.41) is 0.630. The molecule has 0 aliphatic carbocycles. The normalized spacial score (nSPS) is 11.0. The van der Waals surface area contributed by atoms with E-state index in [-0.39, 0.29) is 18.3 Å². The Morgan fingerprint density at radius 2 is 1.88 bits per heavy atom. The standard InChI is InChI=1S/C19H13ClFNO3/c20-15-6-4-14(5-7-15)17-11-22-18(25-17)12-24-19(23)10-3-13-1-8-16(21)9-2-13/h1-11H,12H2/b10-3+. The lowest BCUT2D eigenvalue weighted by molar-refractivity contribution is -0.139. The first-order chi connectivity index (χ1) is 12.1. The van der Waals surface area contributed by atoms with Crippen molar-refractivity contribution in [2.75, 3.05) is 0 Å². The summed E-state index contributed by atoms with van der Waals surface area (Å²) >= 11 is 5.84. The van der Waals surface area contributed by atoms with Gasteiger partial charge in [-0.05, 0) is 48.0 Å². The molecule has 2 aromatic carbocycles. The van der Waals surface area contributed by atoms with Crippen LogP contribution in [0.4, 0.5) is 4.39 Å². The van der Waals surface area contributed by atoms with Crippen LogP contribution in [0.5, 0.6) is 0 Å². The maximum atomic E-state index is 12.8. The molecule has 0 fully saturated rings. The van der Waals surface area contributed by atoms with Crippen molar-refractivity contribution in [2.45, 2.75) is 6.61 Å². The first-order valence-corrected chi connectivity index (χ1v) is 7.79. The summed E-state index contributed by atoms with van der Waals surface area (Å²) in [5.74, 6) is -0.0336. The molecule has 0 saturated carbocycles. The van der Waals surface area contributed by atoms with E-state index in [4.69, 9.17) is 20.8 Å². The molecule has 25 heavy (non-hydrogen) atoms. The first kappa shape index (κ1) is 16.9. The zero-order valence-corrected chi connectivity index (χ0v) is 13.7. The van der Waals surface area contributed by atoms with Gasteiger partial charge in [-0.3, -0.25) is 0 Å². The fourth-order valence-corrected chi connectivity index (χ4v) is 2.17. The molecule has 126 valence electrons. The lowest BCUT2D eigenvalue weighted by atomic mass is 10.2. The van der Waals surface area contributed by atoms with Crippen LogP contribution in [0.2, 0.25) is 5.02 Å². The molecule has 1 aromatic heterocycles. The van der Waals surface area contributed by atoms with Gasteiger partial charge in [-0.25, -0.2) is 14.2 Å². The van der Waals surface area contributed by atoms with Gasteiger partial charge in [0.05, 0.1) is 6.20 Å². The average molecular weight is 358 g/mol. The van der Waals surface area contributed by atoms with Crippen LogP contribution >= 0.6 is 11.6 Å². The molecule has 3 rings (SSSR count). The Morgan fingerprint density at radius 3 is 2.60 bits per heavy atom. The van der Waals surface area contributed by atoms with E-state index >= 15 is 0 Å². The highest BCUT2D eigenvalue weighted by Crippen LogP contribution is 2.22. The maximum Gasteiger partial charge on any atom is 0.331 e. The number of esters is 1. The predicted molar refractivity (Wildman–Crippen MR) is 92.2 cm³/mol. The second kappa shape index (κ2) is 7.77. The monoisotopic (exact) mass is 357 g/mol. The van der Waals surface area contributed by atoms with Crippen molar-refractivity contribution in [1.29, 1.82) is 0 Å². The number of hydrogen-bond donors (Lipinski definition) is 0. The predicted octanol–water partition coefficient (Wildman–Crippen LogP) is 4.89. The molecule has 6 heteroatoms. The number of aromatic nitrogens is 1. The fourth-order valence-electron chi connectivity index (χ4n) is 2.04. The number of benzene rings is 2. The van der Waals surface area contributed by atoms with E-state index in [9.17, 15) is 9.18 Å². The Hall–Kier alpha value is -2.92. The third-order valence-electron chi connectivity index (χ3n) is 3.30. The SMILES string of the molecule is O=C(/C=C/c1ccc(F)cc1)OCc1ncc(-c2ccc(Cl)cc2)o1. The van der Waals surface area contributed by atoms with Crippen molar-refractivity contribution < 1.29 is 18.3 Å². The van der Waals surface area contributed by atoms with Crippen molar-refractivity contribution >= 4 is 23.6 Å². The molecular formula is C19H13ClFNO3. The van der Waals surface area contributed by atoms with Gasteiger partial charge < -0.3 is 9.15 Å². The van der Waals surface area contributed by atoms with Crippen LogP contribution in [0, 0.1) is 5.82 Å². The second-order valence-corrected chi connectivity index (χ2v) is 5.55. The number of nitrogens with zero attached hydrogens (tertiary/aromatic N) is 1. The molecule has 4 nitrogen and oxygen atoms in total. The van der Waals surface area contributed by atoms with Crippen LogP contribution in [0.25, 0.3) is 17.4 Å². The van der Waals surface area contributed by atoms with Gasteiger partial charge in [0.1, 0.15) is 5.82 Å². The Balaban J connectivity index is 1.55. The molecule has 0 amide bonds. The average Bonchev–Trinajstić information content (AvgIpc) is 3.09. The Bertz CT molecular complexity index is 886. The van der Waals surface area contributed by atoms with Crippen molar-refractivity contribution in [2.24, 2.45) is 0 Å². The van der Waals surface area contributed by atoms with Crippen LogP contribution in [-0.4, -0.2) is 11.0 Å². The summed E-state index contributed by atoms with van der Waals surface area (Å²) < 4.78 is 23.4. The van der Waals surface area contributed by atoms with E-state index in [0.717, 1.165) is 5.56 Å². The highest BCUT2D eigenvalue weighted by atomic mass is 35.5. The summed E-state index contributed by atoms with van der Waals surface area (Å²) in [6.45, 7) is -0.0832. The van der Waals surface area contributed by atoms with Gasteiger partial charge in [0.25, 0.3) is 0 Å². The molecule has 0 unspecified atom stereocenters. The maximum absolute atomic E-state index is 12.8. The molecule has 0 aliphatic heterocycles. The Labute approximate surface area is 148 Å². The minimum absolute atomic E-state index is 0.0832. The van der Waals surface area contributed by atoms with E-state index in [0.29, 0.717) is 16.3 Å². The smallest absolute Gasteiger partial charge is 0.331 e. The van der Waals surface area contributed by atoms with Crippen LogP contribution in [0.3, 0.4) is 0 Å². The van der Waals surface area contributed by atoms with Gasteiger partial charge in [-0.1, -0.05) is 23.7 Å². The lowest BCUT2D eigenvalue weighted by Crippen LogP contribution is -2.00. The van der Waals surface area contributed by atoms with Crippen molar-refractivity contribution in [1.82, 2.24) is 4.98 Å². The van der Waals surface area contributed by atoms with Gasteiger partial charge in [0.2, 0.25) is 5.89 Å². The topological polar surface area (TPSA) is 52.3 Å². The van der Waals surface area contributed by atoms with Gasteiger partial charge in [-0.15, -0.1) is 0 Å². The summed E-state index contributed by atoms with van der Waals surface area (Å²) in [4.78, 5) is 15.8. The third kappa shape index (κ3) is 4.78. The zero-order valence-electron chi connectivity index (χ0n) is 13.0. The first-order valence-electron chi connectivity index (χ1n) is 7.41. The highest BCUT2D eigenvalue weighted by molar-refractivity contribution is 6.30. The number of oxazole rings is 1. The fraction of sp³-hybridized carbons (Fsp3) is 0.0526.